The molecule has 0 atom stereocenters. The molecule has 1 amide bonds. The van der Waals surface area contributed by atoms with E-state index in [4.69, 9.17) is 11.6 Å². The van der Waals surface area contributed by atoms with E-state index in [1.54, 1.807) is 18.2 Å². The van der Waals surface area contributed by atoms with Gasteiger partial charge in [0.05, 0.1) is 11.3 Å². The zero-order valence-electron chi connectivity index (χ0n) is 9.38. The molecule has 2 aromatic rings. The van der Waals surface area contributed by atoms with Gasteiger partial charge in [0, 0.05) is 14.0 Å². The van der Waals surface area contributed by atoms with E-state index in [0.717, 1.165) is 10.5 Å². The molecule has 0 spiro atoms. The second-order valence-electron chi connectivity index (χ2n) is 3.70. The molecule has 0 fully saturated rings. The first-order valence-corrected chi connectivity index (χ1v) is 7.15. The van der Waals surface area contributed by atoms with Crippen molar-refractivity contribution < 1.29 is 9.18 Å². The smallest absolute Gasteiger partial charge is 0.256 e. The Hall–Kier alpha value is -0.910. The van der Waals surface area contributed by atoms with Gasteiger partial charge in [-0.25, -0.2) is 4.39 Å². The van der Waals surface area contributed by atoms with Crippen LogP contribution in [0, 0.1) is 5.82 Å². The van der Waals surface area contributed by atoms with Gasteiger partial charge in [0.1, 0.15) is 5.82 Å². The minimum Gasteiger partial charge on any atom is -0.319 e. The molecule has 2 nitrogen and oxygen atoms in total. The molecule has 98 valence electrons. The van der Waals surface area contributed by atoms with E-state index < -0.39 is 11.7 Å². The van der Waals surface area contributed by atoms with Crippen LogP contribution in [0.2, 0.25) is 5.02 Å². The molecular weight excluding hydrogens is 400 g/mol. The van der Waals surface area contributed by atoms with Gasteiger partial charge in [-0.05, 0) is 52.3 Å². The number of nitrogens with one attached hydrogen (secondary N) is 1. The van der Waals surface area contributed by atoms with Crippen LogP contribution in [0.25, 0.3) is 0 Å². The van der Waals surface area contributed by atoms with Crippen LogP contribution in [0.3, 0.4) is 0 Å². The number of carbonyl (C=O) groups is 1. The normalized spacial score (nSPS) is 10.3. The highest BCUT2D eigenvalue weighted by Crippen LogP contribution is 2.24. The van der Waals surface area contributed by atoms with Gasteiger partial charge in [0.25, 0.3) is 5.91 Å². The van der Waals surface area contributed by atoms with Crippen LogP contribution in [0.15, 0.2) is 45.3 Å². The molecule has 19 heavy (non-hydrogen) atoms. The molecule has 0 aliphatic rings. The third-order valence-electron chi connectivity index (χ3n) is 2.35. The Morgan fingerprint density at radius 3 is 2.58 bits per heavy atom. The van der Waals surface area contributed by atoms with E-state index in [1.807, 2.05) is 0 Å². The van der Waals surface area contributed by atoms with Gasteiger partial charge in [-0.2, -0.15) is 0 Å². The number of hydrogen-bond donors (Lipinski definition) is 1. The van der Waals surface area contributed by atoms with Crippen LogP contribution in [-0.2, 0) is 0 Å². The summed E-state index contributed by atoms with van der Waals surface area (Å²) in [6.07, 6.45) is 0. The second kappa shape index (κ2) is 6.03. The van der Waals surface area contributed by atoms with Crippen molar-refractivity contribution in [3.63, 3.8) is 0 Å². The largest absolute Gasteiger partial charge is 0.319 e. The van der Waals surface area contributed by atoms with E-state index in [9.17, 15) is 9.18 Å². The number of anilines is 1. The lowest BCUT2D eigenvalue weighted by atomic mass is 10.2. The van der Waals surface area contributed by atoms with Crippen molar-refractivity contribution in [3.05, 3.63) is 61.7 Å². The minimum absolute atomic E-state index is 0.0845. The monoisotopic (exact) mass is 405 g/mol. The lowest BCUT2D eigenvalue weighted by Gasteiger charge is -2.08. The molecule has 0 bridgehead atoms. The fourth-order valence-electron chi connectivity index (χ4n) is 1.45. The maximum Gasteiger partial charge on any atom is 0.256 e. The maximum atomic E-state index is 13.6. The summed E-state index contributed by atoms with van der Waals surface area (Å²) in [5, 5.41) is 2.78. The molecule has 2 aromatic carbocycles. The third-order valence-corrected chi connectivity index (χ3v) is 3.77. The summed E-state index contributed by atoms with van der Waals surface area (Å²) < 4.78 is 15.0. The van der Waals surface area contributed by atoms with Crippen LogP contribution in [0.1, 0.15) is 10.4 Å². The van der Waals surface area contributed by atoms with Crippen molar-refractivity contribution in [1.29, 1.82) is 0 Å². The summed E-state index contributed by atoms with van der Waals surface area (Å²) in [6.45, 7) is 0. The summed E-state index contributed by atoms with van der Waals surface area (Å²) in [5.74, 6) is -0.985. The van der Waals surface area contributed by atoms with Crippen molar-refractivity contribution in [1.82, 2.24) is 0 Å². The number of carbonyl (C=O) groups excluding carboxylic acids is 1. The average molecular weight is 407 g/mol. The van der Waals surface area contributed by atoms with Crippen molar-refractivity contribution in [2.45, 2.75) is 0 Å². The summed E-state index contributed by atoms with van der Waals surface area (Å²) in [6, 6.07) is 9.25. The molecule has 0 aliphatic heterocycles. The van der Waals surface area contributed by atoms with E-state index in [0.29, 0.717) is 10.0 Å². The molecular formula is C13H7Br2ClFNO. The van der Waals surface area contributed by atoms with Crippen molar-refractivity contribution >= 4 is 55.1 Å². The minimum atomic E-state index is -0.577. The van der Waals surface area contributed by atoms with Crippen molar-refractivity contribution in [2.75, 3.05) is 5.32 Å². The number of benzene rings is 2. The highest BCUT2D eigenvalue weighted by Gasteiger charge is 2.13. The molecule has 0 aliphatic carbocycles. The highest BCUT2D eigenvalue weighted by molar-refractivity contribution is 9.11. The Bertz CT molecular complexity index is 649. The van der Waals surface area contributed by atoms with E-state index in [1.165, 1.54) is 12.1 Å². The Balaban J connectivity index is 2.28. The van der Waals surface area contributed by atoms with E-state index in [-0.39, 0.29) is 10.7 Å². The maximum absolute atomic E-state index is 13.6. The van der Waals surface area contributed by atoms with Crippen molar-refractivity contribution in [2.24, 2.45) is 0 Å². The second-order valence-corrected chi connectivity index (χ2v) is 5.91. The highest BCUT2D eigenvalue weighted by atomic mass is 79.9. The Morgan fingerprint density at radius 1 is 1.16 bits per heavy atom. The fourth-order valence-corrected chi connectivity index (χ4v) is 2.40. The molecule has 6 heteroatoms. The molecule has 0 aromatic heterocycles. The number of hydrogen-bond acceptors (Lipinski definition) is 1. The van der Waals surface area contributed by atoms with Gasteiger partial charge in [-0.1, -0.05) is 27.5 Å². The molecule has 0 radical (unpaired) electrons. The Kier molecular flexibility index (Phi) is 4.60. The molecule has 1 N–H and O–H groups in total. The van der Waals surface area contributed by atoms with Gasteiger partial charge in [0.15, 0.2) is 0 Å². The number of halogens is 4. The molecule has 0 unspecified atom stereocenters. The zero-order valence-corrected chi connectivity index (χ0v) is 13.3. The zero-order chi connectivity index (χ0) is 14.0. The quantitative estimate of drug-likeness (QED) is 0.723. The van der Waals surface area contributed by atoms with Gasteiger partial charge in [0.2, 0.25) is 0 Å². The first-order valence-electron chi connectivity index (χ1n) is 5.19. The predicted molar refractivity (Wildman–Crippen MR) is 81.2 cm³/mol. The topological polar surface area (TPSA) is 29.1 Å². The standard InChI is InChI=1S/C13H7Br2ClFNO/c14-7-1-3-10(15)9(5-7)13(19)18-12-4-2-8(16)6-11(12)17/h1-6H,(H,18,19). The molecule has 0 saturated carbocycles. The summed E-state index contributed by atoms with van der Waals surface area (Å²) in [5.41, 5.74) is 0.491. The lowest BCUT2D eigenvalue weighted by molar-refractivity contribution is 0.102. The van der Waals surface area contributed by atoms with E-state index in [2.05, 4.69) is 37.2 Å². The lowest BCUT2D eigenvalue weighted by Crippen LogP contribution is -2.13. The van der Waals surface area contributed by atoms with Crippen molar-refractivity contribution in [3.8, 4) is 0 Å². The van der Waals surface area contributed by atoms with Gasteiger partial charge < -0.3 is 5.32 Å². The predicted octanol–water partition coefficient (Wildman–Crippen LogP) is 5.26. The summed E-state index contributed by atoms with van der Waals surface area (Å²) in [7, 11) is 0. The first-order chi connectivity index (χ1) is 8.97. The SMILES string of the molecule is O=C(Nc1ccc(Cl)cc1F)c1cc(Br)ccc1Br. The third kappa shape index (κ3) is 3.55. The molecule has 2 rings (SSSR count). The van der Waals surface area contributed by atoms with Gasteiger partial charge in [-0.3, -0.25) is 4.79 Å². The summed E-state index contributed by atoms with van der Waals surface area (Å²) >= 11 is 12.2. The van der Waals surface area contributed by atoms with Gasteiger partial charge >= 0.3 is 0 Å². The summed E-state index contributed by atoms with van der Waals surface area (Å²) in [4.78, 5) is 12.1. The molecule has 0 saturated heterocycles. The van der Waals surface area contributed by atoms with Crippen LogP contribution in [0.5, 0.6) is 0 Å². The van der Waals surface area contributed by atoms with E-state index >= 15 is 0 Å². The van der Waals surface area contributed by atoms with Crippen LogP contribution in [-0.4, -0.2) is 5.91 Å². The fraction of sp³-hybridized carbons (Fsp3) is 0. The van der Waals surface area contributed by atoms with Gasteiger partial charge in [-0.15, -0.1) is 0 Å². The number of rotatable bonds is 2. The average Bonchev–Trinajstić information content (AvgIpc) is 2.35. The first kappa shape index (κ1) is 14.5. The van der Waals surface area contributed by atoms with Crippen LogP contribution < -0.4 is 5.32 Å². The Morgan fingerprint density at radius 2 is 1.89 bits per heavy atom. The number of amides is 1. The Labute approximate surface area is 131 Å². The van der Waals surface area contributed by atoms with Crippen LogP contribution >= 0.6 is 43.5 Å². The molecule has 0 heterocycles. The van der Waals surface area contributed by atoms with Crippen LogP contribution in [0.4, 0.5) is 10.1 Å².